The third kappa shape index (κ3) is 2.30. The van der Waals surface area contributed by atoms with E-state index in [1.807, 2.05) is 0 Å². The molecule has 0 aliphatic carbocycles. The van der Waals surface area contributed by atoms with Gasteiger partial charge in [-0.25, -0.2) is 22.0 Å². The van der Waals surface area contributed by atoms with E-state index in [1.54, 1.807) is 0 Å². The van der Waals surface area contributed by atoms with Crippen LogP contribution in [0.5, 0.6) is 0 Å². The van der Waals surface area contributed by atoms with Crippen molar-refractivity contribution in [2.45, 2.75) is 24.6 Å². The van der Waals surface area contributed by atoms with Gasteiger partial charge in [0.15, 0.2) is 11.6 Å². The maximum atomic E-state index is 14.5. The van der Waals surface area contributed by atoms with E-state index in [9.17, 15) is 36.9 Å². The lowest BCUT2D eigenvalue weighted by atomic mass is 9.89. The Morgan fingerprint density at radius 3 is 2.43 bits per heavy atom. The van der Waals surface area contributed by atoms with Crippen molar-refractivity contribution >= 4 is 11.6 Å². The summed E-state index contributed by atoms with van der Waals surface area (Å²) in [7, 11) is 0. The number of hydrogen-bond acceptors (Lipinski definition) is 3. The predicted octanol–water partition coefficient (Wildman–Crippen LogP) is 2.54. The van der Waals surface area contributed by atoms with Crippen molar-refractivity contribution in [1.82, 2.24) is 5.32 Å². The second-order valence-corrected chi connectivity index (χ2v) is 4.46. The second-order valence-electron chi connectivity index (χ2n) is 4.46. The zero-order chi connectivity index (χ0) is 16.0. The van der Waals surface area contributed by atoms with Gasteiger partial charge >= 0.3 is 5.92 Å². The topological polar surface area (TPSA) is 72.2 Å². The van der Waals surface area contributed by atoms with Crippen molar-refractivity contribution in [1.29, 1.82) is 0 Å². The van der Waals surface area contributed by atoms with Gasteiger partial charge < -0.3 is 5.32 Å². The summed E-state index contributed by atoms with van der Waals surface area (Å²) in [6.45, 7) is 0. The van der Waals surface area contributed by atoms with Crippen LogP contribution in [0.25, 0.3) is 0 Å². The average molecular weight is 310 g/mol. The van der Waals surface area contributed by atoms with Gasteiger partial charge in [-0.3, -0.25) is 14.9 Å². The lowest BCUT2D eigenvalue weighted by Gasteiger charge is -2.37. The number of carbonyl (C=O) groups excluding carboxylic acids is 1. The van der Waals surface area contributed by atoms with Crippen molar-refractivity contribution in [3.63, 3.8) is 0 Å². The molecule has 0 unspecified atom stereocenters. The van der Waals surface area contributed by atoms with Gasteiger partial charge in [0.2, 0.25) is 5.91 Å². The van der Waals surface area contributed by atoms with Crippen LogP contribution in [0.1, 0.15) is 18.4 Å². The molecule has 1 heterocycles. The molecule has 0 radical (unpaired) electrons. The largest absolute Gasteiger partial charge is 0.315 e. The van der Waals surface area contributed by atoms with E-state index < -0.39 is 58.3 Å². The number of nitrogens with zero attached hydrogens (tertiary/aromatic N) is 1. The van der Waals surface area contributed by atoms with Crippen LogP contribution in [0.4, 0.5) is 27.6 Å². The molecule has 1 saturated heterocycles. The maximum absolute atomic E-state index is 14.5. The number of alkyl halides is 3. The molecule has 21 heavy (non-hydrogen) atoms. The van der Waals surface area contributed by atoms with Crippen LogP contribution >= 0.6 is 0 Å². The van der Waals surface area contributed by atoms with Crippen LogP contribution in [0.15, 0.2) is 12.1 Å². The van der Waals surface area contributed by atoms with Gasteiger partial charge in [0, 0.05) is 18.9 Å². The summed E-state index contributed by atoms with van der Waals surface area (Å²) in [6.07, 6.45) is -1.95. The number of amides is 1. The van der Waals surface area contributed by atoms with Crippen molar-refractivity contribution in [2.75, 3.05) is 0 Å². The zero-order valence-corrected chi connectivity index (χ0v) is 10.1. The monoisotopic (exact) mass is 310 g/mol. The fourth-order valence-corrected chi connectivity index (χ4v) is 1.98. The maximum Gasteiger partial charge on any atom is 0.304 e. The number of piperidine rings is 1. The summed E-state index contributed by atoms with van der Waals surface area (Å²) in [5.41, 5.74) is -2.73. The molecule has 1 N–H and O–H groups in total. The Labute approximate surface area is 113 Å². The van der Waals surface area contributed by atoms with E-state index >= 15 is 0 Å². The van der Waals surface area contributed by atoms with Gasteiger partial charge in [0.1, 0.15) is 0 Å². The number of nitro groups is 1. The number of carbonyl (C=O) groups is 1. The molecule has 114 valence electrons. The van der Waals surface area contributed by atoms with Gasteiger partial charge in [-0.2, -0.15) is 0 Å². The minimum absolute atomic E-state index is 0.130. The van der Waals surface area contributed by atoms with Gasteiger partial charge in [-0.15, -0.1) is 0 Å². The first-order valence-corrected chi connectivity index (χ1v) is 5.60. The number of rotatable bonds is 2. The van der Waals surface area contributed by atoms with E-state index in [1.165, 1.54) is 5.32 Å². The highest BCUT2D eigenvalue weighted by Crippen LogP contribution is 2.46. The van der Waals surface area contributed by atoms with Crippen molar-refractivity contribution in [2.24, 2.45) is 0 Å². The number of non-ortho nitro benzene ring substituents is 1. The molecule has 0 spiro atoms. The molecular weight excluding hydrogens is 303 g/mol. The SMILES string of the molecule is O=C1CCC(F)(F)[C@@](F)(c2cc([N+](=O)[O-])cc(F)c2F)N1. The Kier molecular flexibility index (Phi) is 3.34. The number of halogens is 5. The summed E-state index contributed by atoms with van der Waals surface area (Å²) in [4.78, 5) is 20.5. The third-order valence-corrected chi connectivity index (χ3v) is 3.08. The molecule has 10 heteroatoms. The van der Waals surface area contributed by atoms with E-state index in [2.05, 4.69) is 0 Å². The highest BCUT2D eigenvalue weighted by atomic mass is 19.3. The molecule has 1 atom stereocenters. The Bertz CT molecular complexity index is 637. The number of hydrogen-bond donors (Lipinski definition) is 1. The lowest BCUT2D eigenvalue weighted by molar-refractivity contribution is -0.385. The van der Waals surface area contributed by atoms with Crippen molar-refractivity contribution < 1.29 is 31.7 Å². The van der Waals surface area contributed by atoms with Crippen molar-refractivity contribution in [3.05, 3.63) is 39.4 Å². The van der Waals surface area contributed by atoms with Crippen LogP contribution in [-0.4, -0.2) is 16.8 Å². The van der Waals surface area contributed by atoms with Gasteiger partial charge in [0.25, 0.3) is 11.5 Å². The molecule has 1 amide bonds. The van der Waals surface area contributed by atoms with E-state index in [0.717, 1.165) is 0 Å². The lowest BCUT2D eigenvalue weighted by Crippen LogP contribution is -2.59. The molecule has 1 fully saturated rings. The van der Waals surface area contributed by atoms with Gasteiger partial charge in [-0.05, 0) is 0 Å². The van der Waals surface area contributed by atoms with Crippen LogP contribution in [0.2, 0.25) is 0 Å². The number of nitro benzene ring substituents is 1. The summed E-state index contributed by atoms with van der Waals surface area (Å²) in [6, 6.07) is 0.267. The van der Waals surface area contributed by atoms with Crippen LogP contribution in [-0.2, 0) is 10.6 Å². The normalized spacial score (nSPS) is 24.5. The Morgan fingerprint density at radius 2 is 1.86 bits per heavy atom. The summed E-state index contributed by atoms with van der Waals surface area (Å²) in [5.74, 6) is -13.3. The van der Waals surface area contributed by atoms with Crippen LogP contribution < -0.4 is 5.32 Å². The summed E-state index contributed by atoms with van der Waals surface area (Å²) >= 11 is 0. The number of nitrogens with one attached hydrogen (secondary N) is 1. The molecule has 0 bridgehead atoms. The highest BCUT2D eigenvalue weighted by Gasteiger charge is 2.61. The molecule has 1 aromatic carbocycles. The van der Waals surface area contributed by atoms with E-state index in [0.29, 0.717) is 0 Å². The predicted molar refractivity (Wildman–Crippen MR) is 58.1 cm³/mol. The first kappa shape index (κ1) is 15.1. The van der Waals surface area contributed by atoms with Crippen LogP contribution in [0.3, 0.4) is 0 Å². The molecule has 1 aliphatic heterocycles. The minimum atomic E-state index is -4.25. The average Bonchev–Trinajstić information content (AvgIpc) is 2.37. The summed E-state index contributed by atoms with van der Waals surface area (Å²) < 4.78 is 68.8. The molecular formula is C11H7F5N2O3. The fraction of sp³-hybridized carbons (Fsp3) is 0.364. The third-order valence-electron chi connectivity index (χ3n) is 3.08. The van der Waals surface area contributed by atoms with Gasteiger partial charge in [-0.1, -0.05) is 0 Å². The zero-order valence-electron chi connectivity index (χ0n) is 10.1. The summed E-state index contributed by atoms with van der Waals surface area (Å²) in [5, 5.41) is 11.8. The smallest absolute Gasteiger partial charge is 0.304 e. The minimum Gasteiger partial charge on any atom is -0.315 e. The Balaban J connectivity index is 2.68. The van der Waals surface area contributed by atoms with E-state index in [-0.39, 0.29) is 12.1 Å². The first-order chi connectivity index (χ1) is 9.58. The molecule has 1 aliphatic rings. The molecule has 1 aromatic rings. The standard InChI is InChI=1S/C11H7F5N2O3/c12-7-4-5(18(20)21)3-6(9(7)13)11(16)10(14,15)2-1-8(19)17-11/h3-4H,1-2H2,(H,17,19)/t11-/m1/s1. The second kappa shape index (κ2) is 4.64. The quantitative estimate of drug-likeness (QED) is 0.395. The molecule has 0 aromatic heterocycles. The fourth-order valence-electron chi connectivity index (χ4n) is 1.98. The van der Waals surface area contributed by atoms with Gasteiger partial charge in [0.05, 0.1) is 16.6 Å². The highest BCUT2D eigenvalue weighted by molar-refractivity contribution is 5.78. The number of benzene rings is 1. The molecule has 2 rings (SSSR count). The van der Waals surface area contributed by atoms with Crippen molar-refractivity contribution in [3.8, 4) is 0 Å². The van der Waals surface area contributed by atoms with E-state index in [4.69, 9.17) is 0 Å². The molecule has 0 saturated carbocycles. The Morgan fingerprint density at radius 1 is 1.24 bits per heavy atom. The first-order valence-electron chi connectivity index (χ1n) is 5.60. The molecule has 5 nitrogen and oxygen atoms in total. The van der Waals surface area contributed by atoms with Crippen LogP contribution in [0, 0.1) is 21.7 Å². The Hall–Kier alpha value is -2.26.